The van der Waals surface area contributed by atoms with Crippen LogP contribution in [0.25, 0.3) is 11.1 Å². The van der Waals surface area contributed by atoms with Crippen LogP contribution >= 0.6 is 0 Å². The van der Waals surface area contributed by atoms with E-state index < -0.39 is 12.1 Å². The number of rotatable bonds is 6. The van der Waals surface area contributed by atoms with Crippen LogP contribution in [-0.4, -0.2) is 30.2 Å². The zero-order valence-corrected chi connectivity index (χ0v) is 15.9. The van der Waals surface area contributed by atoms with Gasteiger partial charge in [0.1, 0.15) is 6.61 Å². The number of hydrogen-bond acceptors (Lipinski definition) is 4. The molecule has 2 N–H and O–H groups in total. The normalized spacial score (nSPS) is 13.7. The lowest BCUT2D eigenvalue weighted by Crippen LogP contribution is -2.38. The van der Waals surface area contributed by atoms with Crippen molar-refractivity contribution in [3.05, 3.63) is 95.6 Å². The second-order valence-corrected chi connectivity index (χ2v) is 7.03. The highest BCUT2D eigenvalue weighted by Crippen LogP contribution is 2.44. The average molecular weight is 386 g/mol. The van der Waals surface area contributed by atoms with Crippen molar-refractivity contribution in [1.82, 2.24) is 5.32 Å². The van der Waals surface area contributed by atoms with Gasteiger partial charge < -0.3 is 15.3 Å². The molecule has 5 nitrogen and oxygen atoms in total. The molecular formula is C24H22N2O3. The molecule has 0 bridgehead atoms. The van der Waals surface area contributed by atoms with E-state index in [1.807, 2.05) is 54.6 Å². The van der Waals surface area contributed by atoms with Crippen molar-refractivity contribution in [2.45, 2.75) is 18.4 Å². The Balaban J connectivity index is 1.43. The van der Waals surface area contributed by atoms with E-state index in [0.29, 0.717) is 6.42 Å². The van der Waals surface area contributed by atoms with Crippen LogP contribution in [0, 0.1) is 0 Å². The standard InChI is InChI=1S/C24H22N2O3/c27-24(26-18(15-25-28)14-17-8-2-1-3-9-17)29-16-23-21-12-6-4-10-19(21)20-11-5-7-13-22(20)23/h1-13,15,18,23,28H,14,16H2,(H,26,27)/b25-15+/t18-/m0/s1. The summed E-state index contributed by atoms with van der Waals surface area (Å²) >= 11 is 0. The zero-order valence-electron chi connectivity index (χ0n) is 15.9. The highest BCUT2D eigenvalue weighted by Gasteiger charge is 2.29. The summed E-state index contributed by atoms with van der Waals surface area (Å²) in [7, 11) is 0. The van der Waals surface area contributed by atoms with Gasteiger partial charge in [-0.3, -0.25) is 0 Å². The first kappa shape index (κ1) is 18.7. The molecule has 146 valence electrons. The summed E-state index contributed by atoms with van der Waals surface area (Å²) in [4.78, 5) is 12.4. The molecule has 0 saturated carbocycles. The predicted octanol–water partition coefficient (Wildman–Crippen LogP) is 4.60. The van der Waals surface area contributed by atoms with Crippen LogP contribution < -0.4 is 5.32 Å². The third-order valence-electron chi connectivity index (χ3n) is 5.19. The number of hydrogen-bond donors (Lipinski definition) is 2. The molecule has 0 fully saturated rings. The van der Waals surface area contributed by atoms with Crippen molar-refractivity contribution < 1.29 is 14.7 Å². The monoisotopic (exact) mass is 386 g/mol. The maximum atomic E-state index is 12.4. The molecule has 1 atom stereocenters. The fraction of sp³-hybridized carbons (Fsp3) is 0.167. The largest absolute Gasteiger partial charge is 0.449 e. The Hall–Kier alpha value is -3.60. The summed E-state index contributed by atoms with van der Waals surface area (Å²) < 4.78 is 5.56. The SMILES string of the molecule is O=C(N[C@H](/C=N/O)Cc1ccccc1)OCC1c2ccccc2-c2ccccc21. The molecule has 3 aromatic rings. The quantitative estimate of drug-likeness (QED) is 0.370. The van der Waals surface area contributed by atoms with Gasteiger partial charge in [0.05, 0.1) is 12.3 Å². The number of amides is 1. The zero-order chi connectivity index (χ0) is 20.1. The van der Waals surface area contributed by atoms with Gasteiger partial charge in [0.2, 0.25) is 0 Å². The molecule has 1 aliphatic rings. The molecule has 0 unspecified atom stereocenters. The first-order valence-electron chi connectivity index (χ1n) is 9.59. The van der Waals surface area contributed by atoms with Crippen LogP contribution in [0.15, 0.2) is 84.0 Å². The summed E-state index contributed by atoms with van der Waals surface area (Å²) in [6, 6.07) is 25.6. The third-order valence-corrected chi connectivity index (χ3v) is 5.19. The first-order valence-corrected chi connectivity index (χ1v) is 9.59. The number of nitrogens with zero attached hydrogens (tertiary/aromatic N) is 1. The van der Waals surface area contributed by atoms with Gasteiger partial charge >= 0.3 is 6.09 Å². The minimum Gasteiger partial charge on any atom is -0.449 e. The average Bonchev–Trinajstić information content (AvgIpc) is 3.07. The number of oxime groups is 1. The van der Waals surface area contributed by atoms with Gasteiger partial charge in [0.15, 0.2) is 0 Å². The second-order valence-electron chi connectivity index (χ2n) is 7.03. The molecule has 29 heavy (non-hydrogen) atoms. The lowest BCUT2D eigenvalue weighted by molar-refractivity contribution is 0.141. The molecule has 0 heterocycles. The van der Waals surface area contributed by atoms with Crippen molar-refractivity contribution in [1.29, 1.82) is 0 Å². The Morgan fingerprint density at radius 2 is 1.55 bits per heavy atom. The van der Waals surface area contributed by atoms with Gasteiger partial charge in [-0.25, -0.2) is 4.79 Å². The number of benzene rings is 3. The summed E-state index contributed by atoms with van der Waals surface area (Å²) in [5.41, 5.74) is 5.73. The van der Waals surface area contributed by atoms with Crippen LogP contribution in [-0.2, 0) is 11.2 Å². The molecule has 0 spiro atoms. The summed E-state index contributed by atoms with van der Waals surface area (Å²) in [5, 5.41) is 14.8. The van der Waals surface area contributed by atoms with Gasteiger partial charge in [-0.05, 0) is 34.2 Å². The topological polar surface area (TPSA) is 70.9 Å². The molecule has 0 radical (unpaired) electrons. The number of carbonyl (C=O) groups excluding carboxylic acids is 1. The van der Waals surface area contributed by atoms with E-state index >= 15 is 0 Å². The Labute approximate surface area is 169 Å². The van der Waals surface area contributed by atoms with Crippen LogP contribution in [0.1, 0.15) is 22.6 Å². The van der Waals surface area contributed by atoms with E-state index in [4.69, 9.17) is 9.94 Å². The van der Waals surface area contributed by atoms with E-state index in [0.717, 1.165) is 5.56 Å². The molecule has 1 aliphatic carbocycles. The Kier molecular flexibility index (Phi) is 5.56. The molecule has 0 aliphatic heterocycles. The second kappa shape index (κ2) is 8.61. The number of fused-ring (bicyclic) bond motifs is 3. The number of nitrogens with one attached hydrogen (secondary N) is 1. The van der Waals surface area contributed by atoms with Crippen LogP contribution in [0.3, 0.4) is 0 Å². The van der Waals surface area contributed by atoms with Gasteiger partial charge in [0.25, 0.3) is 0 Å². The molecule has 0 aromatic heterocycles. The molecule has 4 rings (SSSR count). The van der Waals surface area contributed by atoms with E-state index in [-0.39, 0.29) is 12.5 Å². The van der Waals surface area contributed by atoms with Crippen molar-refractivity contribution >= 4 is 12.3 Å². The maximum Gasteiger partial charge on any atom is 0.407 e. The molecular weight excluding hydrogens is 364 g/mol. The van der Waals surface area contributed by atoms with Crippen LogP contribution in [0.4, 0.5) is 4.79 Å². The van der Waals surface area contributed by atoms with Gasteiger partial charge in [-0.15, -0.1) is 0 Å². The molecule has 5 heteroatoms. The highest BCUT2D eigenvalue weighted by atomic mass is 16.5. The van der Waals surface area contributed by atoms with Gasteiger partial charge in [0, 0.05) is 5.92 Å². The molecule has 0 saturated heterocycles. The van der Waals surface area contributed by atoms with E-state index in [2.05, 4.69) is 34.7 Å². The summed E-state index contributed by atoms with van der Waals surface area (Å²) in [6.07, 6.45) is 1.27. The Morgan fingerprint density at radius 3 is 2.17 bits per heavy atom. The number of alkyl carbamates (subject to hydrolysis) is 1. The fourth-order valence-corrected chi connectivity index (χ4v) is 3.88. The van der Waals surface area contributed by atoms with Gasteiger partial charge in [-0.2, -0.15) is 0 Å². The lowest BCUT2D eigenvalue weighted by atomic mass is 9.98. The smallest absolute Gasteiger partial charge is 0.407 e. The minimum atomic E-state index is -0.535. The van der Waals surface area contributed by atoms with Crippen molar-refractivity contribution in [3.63, 3.8) is 0 Å². The van der Waals surface area contributed by atoms with E-state index in [1.165, 1.54) is 28.5 Å². The first-order chi connectivity index (χ1) is 14.3. The van der Waals surface area contributed by atoms with Crippen molar-refractivity contribution in [2.24, 2.45) is 5.16 Å². The Bertz CT molecular complexity index is 972. The van der Waals surface area contributed by atoms with E-state index in [9.17, 15) is 4.79 Å². The van der Waals surface area contributed by atoms with Crippen molar-refractivity contribution in [2.75, 3.05) is 6.61 Å². The van der Waals surface area contributed by atoms with Crippen LogP contribution in [0.5, 0.6) is 0 Å². The maximum absolute atomic E-state index is 12.4. The fourth-order valence-electron chi connectivity index (χ4n) is 3.88. The van der Waals surface area contributed by atoms with E-state index in [1.54, 1.807) is 0 Å². The Morgan fingerprint density at radius 1 is 0.966 bits per heavy atom. The summed E-state index contributed by atoms with van der Waals surface area (Å²) in [6.45, 7) is 0.244. The predicted molar refractivity (Wildman–Crippen MR) is 112 cm³/mol. The third kappa shape index (κ3) is 4.14. The minimum absolute atomic E-state index is 0.00670. The molecule has 1 amide bonds. The number of ether oxygens (including phenoxy) is 1. The van der Waals surface area contributed by atoms with Crippen LogP contribution in [0.2, 0.25) is 0 Å². The molecule has 3 aromatic carbocycles. The van der Waals surface area contributed by atoms with Crippen molar-refractivity contribution in [3.8, 4) is 11.1 Å². The lowest BCUT2D eigenvalue weighted by Gasteiger charge is -2.17. The van der Waals surface area contributed by atoms with Gasteiger partial charge in [-0.1, -0.05) is 84.0 Å². The highest BCUT2D eigenvalue weighted by molar-refractivity contribution is 5.79. The summed E-state index contributed by atoms with van der Waals surface area (Å²) in [5.74, 6) is 0.00670. The number of carbonyl (C=O) groups is 1.